The van der Waals surface area contributed by atoms with Crippen molar-refractivity contribution >= 4 is 40.5 Å². The number of anilines is 1. The second-order valence-electron chi connectivity index (χ2n) is 16.9. The van der Waals surface area contributed by atoms with Crippen molar-refractivity contribution in [2.24, 2.45) is 10.9 Å². The van der Waals surface area contributed by atoms with E-state index >= 15 is 0 Å². The summed E-state index contributed by atoms with van der Waals surface area (Å²) in [5, 5.41) is 4.44. The van der Waals surface area contributed by atoms with Crippen LogP contribution in [0.15, 0.2) is 258 Å². The lowest BCUT2D eigenvalue weighted by molar-refractivity contribution is 0.811. The maximum Gasteiger partial charge on any atom is 0.140 e. The summed E-state index contributed by atoms with van der Waals surface area (Å²) in [6.45, 7) is 13.0. The predicted molar refractivity (Wildman–Crippen MR) is 304 cm³/mol. The molecule has 1 atom stereocenters. The highest BCUT2D eigenvalue weighted by atomic mass is 15.3. The van der Waals surface area contributed by atoms with E-state index in [9.17, 15) is 0 Å². The fourth-order valence-electron chi connectivity index (χ4n) is 8.74. The average Bonchev–Trinajstić information content (AvgIpc) is 3.86. The van der Waals surface area contributed by atoms with Gasteiger partial charge in [0.1, 0.15) is 5.84 Å². The molecular weight excluding hydrogens is 845 g/mol. The molecule has 0 saturated heterocycles. The van der Waals surface area contributed by atoms with Crippen LogP contribution in [0.4, 0.5) is 5.69 Å². The van der Waals surface area contributed by atoms with E-state index in [-0.39, 0.29) is 5.92 Å². The molecule has 0 aliphatic carbocycles. The zero-order valence-electron chi connectivity index (χ0n) is 41.2. The quantitative estimate of drug-likeness (QED) is 0.0831. The summed E-state index contributed by atoms with van der Waals surface area (Å²) in [7, 11) is 0. The summed E-state index contributed by atoms with van der Waals surface area (Å²) >= 11 is 0. The molecule has 8 aromatic carbocycles. The van der Waals surface area contributed by atoms with Gasteiger partial charge in [0.15, 0.2) is 0 Å². The number of aliphatic imine (C=N–C) groups is 1. The molecule has 2 nitrogen and oxygen atoms in total. The van der Waals surface area contributed by atoms with Gasteiger partial charge in [0.2, 0.25) is 0 Å². The lowest BCUT2D eigenvalue weighted by Crippen LogP contribution is -2.28. The normalized spacial score (nSPS) is 14.0. The largest absolute Gasteiger partial charge is 0.296 e. The Morgan fingerprint density at radius 1 is 0.657 bits per heavy atom. The van der Waals surface area contributed by atoms with Crippen LogP contribution in [0.1, 0.15) is 62.8 Å². The van der Waals surface area contributed by atoms with Gasteiger partial charge in [0.25, 0.3) is 0 Å². The zero-order valence-corrected chi connectivity index (χ0v) is 41.2. The first-order valence-electron chi connectivity index (χ1n) is 24.6. The van der Waals surface area contributed by atoms with Gasteiger partial charge in [0, 0.05) is 22.7 Å². The molecule has 8 aromatic rings. The standard InChI is InChI=1S/C54H48N2.C12H10.C2H6/c1-5-8-11-26-49(37-44(7-3)43(6-2)36-47-24-17-16-20-40(47)4)53(50-34-33-45-23-18-19-25-48(45)38-50)52-39-55-54(56(52)51-27-14-10-15-28-51)46-31-29-42(30-32-46)35-41-21-12-9-13-22-41;1-3-7-11(8-4-1)12-9-5-2-6-10-12;1-2/h3,6,8-34,36,38,44H,4-5,35,37,39H2,1-2H3;1-10H;1-2H3/b11-8-,43-6+,47-36-,49-26+,53-52-;;. The Kier molecular flexibility index (Phi) is 18.3. The average molecular weight is 909 g/mol. The maximum absolute atomic E-state index is 6.47. The van der Waals surface area contributed by atoms with Gasteiger partial charge in [-0.15, -0.1) is 6.42 Å². The van der Waals surface area contributed by atoms with Crippen LogP contribution >= 0.6 is 0 Å². The maximum atomic E-state index is 6.47. The Morgan fingerprint density at radius 3 is 1.84 bits per heavy atom. The lowest BCUT2D eigenvalue weighted by atomic mass is 9.84. The van der Waals surface area contributed by atoms with E-state index in [4.69, 9.17) is 11.4 Å². The molecule has 9 rings (SSSR count). The molecule has 0 radical (unpaired) electrons. The second-order valence-corrected chi connectivity index (χ2v) is 16.9. The van der Waals surface area contributed by atoms with Gasteiger partial charge in [-0.1, -0.05) is 258 Å². The Balaban J connectivity index is 0.000000443. The van der Waals surface area contributed by atoms with Gasteiger partial charge in [-0.05, 0) is 105 Å². The van der Waals surface area contributed by atoms with Crippen molar-refractivity contribution in [3.8, 4) is 23.5 Å². The van der Waals surface area contributed by atoms with Crippen LogP contribution in [0.3, 0.4) is 0 Å². The van der Waals surface area contributed by atoms with Gasteiger partial charge in [0.05, 0.1) is 12.2 Å². The van der Waals surface area contributed by atoms with Crippen LogP contribution in [0.2, 0.25) is 0 Å². The van der Waals surface area contributed by atoms with E-state index in [1.54, 1.807) is 0 Å². The monoisotopic (exact) mass is 909 g/mol. The highest BCUT2D eigenvalue weighted by Crippen LogP contribution is 2.40. The van der Waals surface area contributed by atoms with Gasteiger partial charge in [-0.3, -0.25) is 9.89 Å². The van der Waals surface area contributed by atoms with Crippen molar-refractivity contribution < 1.29 is 0 Å². The number of para-hydroxylation sites is 1. The lowest BCUT2D eigenvalue weighted by Gasteiger charge is -2.28. The molecule has 1 unspecified atom stereocenters. The molecule has 0 fully saturated rings. The van der Waals surface area contributed by atoms with Gasteiger partial charge < -0.3 is 0 Å². The molecular formula is C68H64N2. The highest BCUT2D eigenvalue weighted by Gasteiger charge is 2.30. The van der Waals surface area contributed by atoms with Gasteiger partial charge >= 0.3 is 0 Å². The SMILES string of the molecule is C#CC(CC(=C\C=C/CC)/C(=C1\CN=C(c2ccc(Cc3ccccc3)cc2)N1c1ccccc1)c1ccc2ccccc2c1)C(=C/C)/C=c1/ccccc1=C.CC.c1ccc(-c2ccccc2)cc1. The molecule has 0 N–H and O–H groups in total. The molecule has 2 heteroatoms. The van der Waals surface area contributed by atoms with Gasteiger partial charge in [-0.25, -0.2) is 0 Å². The fraction of sp³-hybridized carbons (Fsp3) is 0.132. The summed E-state index contributed by atoms with van der Waals surface area (Å²) in [6, 6.07) is 74.5. The van der Waals surface area contributed by atoms with E-state index in [0.29, 0.717) is 13.0 Å². The Labute approximate surface area is 417 Å². The third kappa shape index (κ3) is 12.8. The molecule has 0 amide bonds. The number of rotatable bonds is 13. The van der Waals surface area contributed by atoms with E-state index in [1.807, 2.05) is 38.1 Å². The number of hydrogen-bond donors (Lipinski definition) is 0. The number of terminal acetylenes is 1. The number of amidine groups is 1. The van der Waals surface area contributed by atoms with Crippen LogP contribution in [-0.4, -0.2) is 12.4 Å². The summed E-state index contributed by atoms with van der Waals surface area (Å²) in [5.41, 5.74) is 12.9. The summed E-state index contributed by atoms with van der Waals surface area (Å²) in [5.74, 6) is 3.94. The molecule has 1 aliphatic heterocycles. The number of hydrogen-bond acceptors (Lipinski definition) is 2. The van der Waals surface area contributed by atoms with Crippen LogP contribution in [0, 0.1) is 18.3 Å². The van der Waals surface area contributed by atoms with Crippen molar-refractivity contribution in [3.05, 3.63) is 286 Å². The van der Waals surface area contributed by atoms with Crippen LogP contribution < -0.4 is 15.3 Å². The summed E-state index contributed by atoms with van der Waals surface area (Å²) in [4.78, 5) is 7.70. The molecule has 0 aromatic heterocycles. The minimum Gasteiger partial charge on any atom is -0.296 e. The Hall–Kier alpha value is -8.25. The van der Waals surface area contributed by atoms with Gasteiger partial charge in [-0.2, -0.15) is 0 Å². The van der Waals surface area contributed by atoms with Crippen LogP contribution in [0.5, 0.6) is 0 Å². The van der Waals surface area contributed by atoms with Crippen molar-refractivity contribution in [2.45, 2.75) is 47.0 Å². The fourth-order valence-corrected chi connectivity index (χ4v) is 8.74. The molecule has 70 heavy (non-hydrogen) atoms. The Bertz CT molecular complexity index is 3200. The zero-order chi connectivity index (χ0) is 48.9. The van der Waals surface area contributed by atoms with Crippen LogP contribution in [0.25, 0.3) is 40.1 Å². The first-order valence-corrected chi connectivity index (χ1v) is 24.6. The molecule has 346 valence electrons. The molecule has 0 saturated carbocycles. The van der Waals surface area contributed by atoms with E-state index in [0.717, 1.165) is 68.3 Å². The third-order valence-electron chi connectivity index (χ3n) is 12.3. The second kappa shape index (κ2) is 25.8. The van der Waals surface area contributed by atoms with E-state index in [1.165, 1.54) is 33.0 Å². The van der Waals surface area contributed by atoms with Crippen molar-refractivity contribution in [1.29, 1.82) is 0 Å². The highest BCUT2D eigenvalue weighted by molar-refractivity contribution is 6.15. The smallest absolute Gasteiger partial charge is 0.140 e. The molecule has 0 bridgehead atoms. The van der Waals surface area contributed by atoms with Crippen molar-refractivity contribution in [3.63, 3.8) is 0 Å². The molecule has 1 heterocycles. The first kappa shape index (κ1) is 49.6. The molecule has 1 aliphatic rings. The number of fused-ring (bicyclic) bond motifs is 1. The van der Waals surface area contributed by atoms with E-state index in [2.05, 4.69) is 250 Å². The summed E-state index contributed by atoms with van der Waals surface area (Å²) < 4.78 is 0. The molecule has 0 spiro atoms. The minimum atomic E-state index is -0.180. The predicted octanol–water partition coefficient (Wildman–Crippen LogP) is 15.9. The summed E-state index contributed by atoms with van der Waals surface area (Å²) in [6.07, 6.45) is 19.9. The van der Waals surface area contributed by atoms with Crippen molar-refractivity contribution in [2.75, 3.05) is 11.4 Å². The third-order valence-corrected chi connectivity index (χ3v) is 12.3. The number of benzene rings is 8. The first-order chi connectivity index (χ1) is 34.5. The topological polar surface area (TPSA) is 15.6 Å². The van der Waals surface area contributed by atoms with E-state index < -0.39 is 0 Å². The van der Waals surface area contributed by atoms with Crippen LogP contribution in [-0.2, 0) is 6.42 Å². The minimum absolute atomic E-state index is 0.180. The number of nitrogens with zero attached hydrogens (tertiary/aromatic N) is 2. The number of allylic oxidation sites excluding steroid dienone is 7. The van der Waals surface area contributed by atoms with Crippen molar-refractivity contribution in [1.82, 2.24) is 0 Å². The Morgan fingerprint density at radius 2 is 1.23 bits per heavy atom.